The first-order chi connectivity index (χ1) is 11.2. The van der Waals surface area contributed by atoms with Crippen molar-refractivity contribution in [3.8, 4) is 11.3 Å². The molecule has 1 N–H and O–H groups in total. The Bertz CT molecular complexity index is 817. The number of carbonyl (C=O) groups is 1. The van der Waals surface area contributed by atoms with Crippen LogP contribution >= 0.6 is 0 Å². The molecule has 3 aromatic rings. The van der Waals surface area contributed by atoms with Gasteiger partial charge < -0.3 is 4.98 Å². The summed E-state index contributed by atoms with van der Waals surface area (Å²) in [4.78, 5) is 18.0. The van der Waals surface area contributed by atoms with Gasteiger partial charge in [-0.3, -0.25) is 4.79 Å². The van der Waals surface area contributed by atoms with Crippen molar-refractivity contribution in [2.24, 2.45) is 0 Å². The number of benzene rings is 2. The van der Waals surface area contributed by atoms with Gasteiger partial charge in [0.2, 0.25) is 0 Å². The SMILES string of the molecule is O=C/C=C/c1ccc(Cc2nc(-c3ccc(F)cc3)c[nH]2)cc1. The Hall–Kier alpha value is -3.01. The zero-order valence-electron chi connectivity index (χ0n) is 12.4. The van der Waals surface area contributed by atoms with Crippen molar-refractivity contribution < 1.29 is 9.18 Å². The van der Waals surface area contributed by atoms with E-state index >= 15 is 0 Å². The molecule has 0 fully saturated rings. The summed E-state index contributed by atoms with van der Waals surface area (Å²) < 4.78 is 13.0. The van der Waals surface area contributed by atoms with Gasteiger partial charge in [-0.2, -0.15) is 0 Å². The van der Waals surface area contributed by atoms with Gasteiger partial charge in [0, 0.05) is 18.2 Å². The largest absolute Gasteiger partial charge is 0.348 e. The van der Waals surface area contributed by atoms with Crippen molar-refractivity contribution in [1.82, 2.24) is 9.97 Å². The molecule has 3 rings (SSSR count). The molecule has 3 nitrogen and oxygen atoms in total. The van der Waals surface area contributed by atoms with Gasteiger partial charge in [-0.05, 0) is 41.5 Å². The molecule has 0 saturated carbocycles. The molecule has 0 bridgehead atoms. The monoisotopic (exact) mass is 306 g/mol. The fourth-order valence-corrected chi connectivity index (χ4v) is 2.31. The lowest BCUT2D eigenvalue weighted by Gasteiger charge is -2.00. The second-order valence-corrected chi connectivity index (χ2v) is 5.15. The molecular weight excluding hydrogens is 291 g/mol. The number of imidazole rings is 1. The molecule has 23 heavy (non-hydrogen) atoms. The van der Waals surface area contributed by atoms with Crippen LogP contribution in [0.15, 0.2) is 60.8 Å². The highest BCUT2D eigenvalue weighted by molar-refractivity contribution is 5.73. The number of H-pyrrole nitrogens is 1. The van der Waals surface area contributed by atoms with E-state index < -0.39 is 0 Å². The minimum absolute atomic E-state index is 0.256. The van der Waals surface area contributed by atoms with E-state index in [1.165, 1.54) is 18.2 Å². The minimum Gasteiger partial charge on any atom is -0.348 e. The van der Waals surface area contributed by atoms with Crippen molar-refractivity contribution in [2.75, 3.05) is 0 Å². The number of nitrogens with one attached hydrogen (secondary N) is 1. The van der Waals surface area contributed by atoms with E-state index in [-0.39, 0.29) is 5.82 Å². The summed E-state index contributed by atoms with van der Waals surface area (Å²) in [5, 5.41) is 0. The fourth-order valence-electron chi connectivity index (χ4n) is 2.31. The van der Waals surface area contributed by atoms with Crippen LogP contribution in [-0.4, -0.2) is 16.3 Å². The predicted molar refractivity (Wildman–Crippen MR) is 88.3 cm³/mol. The second-order valence-electron chi connectivity index (χ2n) is 5.15. The number of nitrogens with zero attached hydrogens (tertiary/aromatic N) is 1. The summed E-state index contributed by atoms with van der Waals surface area (Å²) >= 11 is 0. The Labute approximate surface area is 133 Å². The van der Waals surface area contributed by atoms with Crippen molar-refractivity contribution in [2.45, 2.75) is 6.42 Å². The number of carbonyl (C=O) groups excluding carboxylic acids is 1. The van der Waals surface area contributed by atoms with Crippen LogP contribution in [0.2, 0.25) is 0 Å². The van der Waals surface area contributed by atoms with E-state index in [0.717, 1.165) is 34.5 Å². The summed E-state index contributed by atoms with van der Waals surface area (Å²) in [5.41, 5.74) is 3.77. The second kappa shape index (κ2) is 6.83. The molecule has 1 heterocycles. The van der Waals surface area contributed by atoms with Gasteiger partial charge in [0.15, 0.2) is 0 Å². The quantitative estimate of drug-likeness (QED) is 0.571. The van der Waals surface area contributed by atoms with Crippen molar-refractivity contribution in [3.05, 3.63) is 83.6 Å². The highest BCUT2D eigenvalue weighted by Gasteiger charge is 2.05. The lowest BCUT2D eigenvalue weighted by Crippen LogP contribution is -1.91. The van der Waals surface area contributed by atoms with Crippen LogP contribution in [0.5, 0.6) is 0 Å². The van der Waals surface area contributed by atoms with Crippen molar-refractivity contribution in [1.29, 1.82) is 0 Å². The van der Waals surface area contributed by atoms with E-state index in [2.05, 4.69) is 9.97 Å². The third kappa shape index (κ3) is 3.80. The van der Waals surface area contributed by atoms with E-state index in [1.54, 1.807) is 18.2 Å². The van der Waals surface area contributed by atoms with Crippen molar-refractivity contribution >= 4 is 12.4 Å². The Morgan fingerprint density at radius 1 is 1.04 bits per heavy atom. The molecule has 1 aromatic heterocycles. The fraction of sp³-hybridized carbons (Fsp3) is 0.0526. The van der Waals surface area contributed by atoms with Crippen LogP contribution < -0.4 is 0 Å². The number of hydrogen-bond acceptors (Lipinski definition) is 2. The molecule has 4 heteroatoms. The van der Waals surface area contributed by atoms with Crippen LogP contribution in [0.25, 0.3) is 17.3 Å². The molecule has 0 unspecified atom stereocenters. The maximum atomic E-state index is 13.0. The van der Waals surface area contributed by atoms with E-state index in [4.69, 9.17) is 0 Å². The molecule has 0 amide bonds. The maximum Gasteiger partial charge on any atom is 0.142 e. The molecule has 0 spiro atoms. The summed E-state index contributed by atoms with van der Waals surface area (Å²) in [6.07, 6.45) is 6.49. The Kier molecular flexibility index (Phi) is 4.43. The number of hydrogen-bond donors (Lipinski definition) is 1. The smallest absolute Gasteiger partial charge is 0.142 e. The summed E-state index contributed by atoms with van der Waals surface area (Å²) in [6, 6.07) is 14.2. The summed E-state index contributed by atoms with van der Waals surface area (Å²) in [5.74, 6) is 0.591. The van der Waals surface area contributed by atoms with Crippen LogP contribution in [0.1, 0.15) is 17.0 Å². The zero-order valence-corrected chi connectivity index (χ0v) is 12.4. The van der Waals surface area contributed by atoms with Crippen LogP contribution in [0.4, 0.5) is 4.39 Å². The van der Waals surface area contributed by atoms with Gasteiger partial charge in [-0.15, -0.1) is 0 Å². The van der Waals surface area contributed by atoms with Crippen LogP contribution in [0.3, 0.4) is 0 Å². The average molecular weight is 306 g/mol. The average Bonchev–Trinajstić information content (AvgIpc) is 3.03. The van der Waals surface area contributed by atoms with Crippen molar-refractivity contribution in [3.63, 3.8) is 0 Å². The molecule has 0 saturated heterocycles. The Morgan fingerprint density at radius 3 is 2.48 bits per heavy atom. The molecule has 2 aromatic carbocycles. The molecule has 0 aliphatic carbocycles. The third-order valence-electron chi connectivity index (χ3n) is 3.49. The summed E-state index contributed by atoms with van der Waals surface area (Å²) in [7, 11) is 0. The maximum absolute atomic E-state index is 13.0. The first-order valence-electron chi connectivity index (χ1n) is 7.25. The Morgan fingerprint density at radius 2 is 1.78 bits per heavy atom. The van der Waals surface area contributed by atoms with Gasteiger partial charge in [-0.25, -0.2) is 9.37 Å². The molecule has 0 atom stereocenters. The van der Waals surface area contributed by atoms with Gasteiger partial charge in [-0.1, -0.05) is 30.3 Å². The minimum atomic E-state index is -0.256. The van der Waals surface area contributed by atoms with Crippen LogP contribution in [0, 0.1) is 5.82 Å². The molecule has 114 valence electrons. The third-order valence-corrected chi connectivity index (χ3v) is 3.49. The molecular formula is C19H15FN2O. The molecule has 0 aliphatic heterocycles. The molecule has 0 aliphatic rings. The van der Waals surface area contributed by atoms with Crippen LogP contribution in [-0.2, 0) is 11.2 Å². The first-order valence-corrected chi connectivity index (χ1v) is 7.25. The van der Waals surface area contributed by atoms with E-state index in [1.807, 2.05) is 30.5 Å². The highest BCUT2D eigenvalue weighted by Crippen LogP contribution is 2.18. The number of halogens is 1. The van der Waals surface area contributed by atoms with Gasteiger partial charge >= 0.3 is 0 Å². The van der Waals surface area contributed by atoms with Gasteiger partial charge in [0.1, 0.15) is 17.9 Å². The highest BCUT2D eigenvalue weighted by atomic mass is 19.1. The van der Waals surface area contributed by atoms with E-state index in [0.29, 0.717) is 6.42 Å². The number of allylic oxidation sites excluding steroid dienone is 1. The van der Waals surface area contributed by atoms with Gasteiger partial charge in [0.05, 0.1) is 5.69 Å². The Balaban J connectivity index is 1.72. The zero-order chi connectivity index (χ0) is 16.1. The number of aromatic nitrogens is 2. The molecule has 0 radical (unpaired) electrons. The normalized spacial score (nSPS) is 11.0. The summed E-state index contributed by atoms with van der Waals surface area (Å²) in [6.45, 7) is 0. The number of aldehydes is 1. The van der Waals surface area contributed by atoms with Gasteiger partial charge in [0.25, 0.3) is 0 Å². The number of rotatable bonds is 5. The first kappa shape index (κ1) is 14.9. The topological polar surface area (TPSA) is 45.8 Å². The predicted octanol–water partition coefficient (Wildman–Crippen LogP) is 4.02. The lowest BCUT2D eigenvalue weighted by atomic mass is 10.1. The number of aromatic amines is 1. The standard InChI is InChI=1S/C19H15FN2O/c20-17-9-7-16(8-10-17)18-13-21-19(22-18)12-15-5-3-14(4-6-15)2-1-11-23/h1-11,13H,12H2,(H,21,22)/b2-1+. The lowest BCUT2D eigenvalue weighted by molar-refractivity contribution is -0.104. The van der Waals surface area contributed by atoms with E-state index in [9.17, 15) is 9.18 Å².